The maximum absolute atomic E-state index is 12.8. The fourth-order valence-electron chi connectivity index (χ4n) is 4.22. The van der Waals surface area contributed by atoms with Crippen molar-refractivity contribution in [3.63, 3.8) is 0 Å². The van der Waals surface area contributed by atoms with Crippen LogP contribution >= 0.6 is 0 Å². The molecule has 1 aromatic carbocycles. The molecule has 2 amide bonds. The van der Waals surface area contributed by atoms with Crippen LogP contribution in [0.1, 0.15) is 45.1 Å². The van der Waals surface area contributed by atoms with Crippen LogP contribution in [0.3, 0.4) is 0 Å². The first kappa shape index (κ1) is 46.0. The summed E-state index contributed by atoms with van der Waals surface area (Å²) in [6.07, 6.45) is -5.22. The third-order valence-electron chi connectivity index (χ3n) is 6.58. The lowest BCUT2D eigenvalue weighted by Crippen LogP contribution is -2.44. The molecule has 0 bridgehead atoms. The Morgan fingerprint density at radius 1 is 0.784 bits per heavy atom. The summed E-state index contributed by atoms with van der Waals surface area (Å²) in [7, 11) is 0. The zero-order chi connectivity index (χ0) is 39.3. The summed E-state index contributed by atoms with van der Waals surface area (Å²) in [5.41, 5.74) is 8.83. The van der Waals surface area contributed by atoms with Crippen molar-refractivity contribution in [1.82, 2.24) is 20.6 Å². The molecule has 9 N–H and O–H groups in total. The number of hydroxylamine groups is 1. The van der Waals surface area contributed by atoms with Gasteiger partial charge in [0.25, 0.3) is 5.91 Å². The molecular weight excluding hydrogens is 695 g/mol. The third-order valence-corrected chi connectivity index (χ3v) is 6.58. The number of hydrogen-bond acceptors (Lipinski definition) is 11. The Morgan fingerprint density at radius 2 is 1.27 bits per heavy atom. The fourth-order valence-corrected chi connectivity index (χ4v) is 4.22. The van der Waals surface area contributed by atoms with Gasteiger partial charge in [-0.25, -0.2) is 4.79 Å². The van der Waals surface area contributed by atoms with E-state index in [4.69, 9.17) is 40.9 Å². The molecular formula is C30H44F3N5O13. The van der Waals surface area contributed by atoms with Gasteiger partial charge in [-0.15, -0.1) is 0 Å². The van der Waals surface area contributed by atoms with E-state index in [-0.39, 0.29) is 57.9 Å². The van der Waals surface area contributed by atoms with E-state index in [1.807, 2.05) is 13.8 Å². The van der Waals surface area contributed by atoms with Crippen molar-refractivity contribution in [3.05, 3.63) is 29.8 Å². The van der Waals surface area contributed by atoms with E-state index < -0.39 is 72.9 Å². The highest BCUT2D eigenvalue weighted by Crippen LogP contribution is 2.16. The molecule has 0 heterocycles. The number of carboxylic acid groups (broad SMARTS) is 5. The van der Waals surface area contributed by atoms with Gasteiger partial charge in [0.1, 0.15) is 0 Å². The third kappa shape index (κ3) is 23.9. The molecule has 51 heavy (non-hydrogen) atoms. The minimum absolute atomic E-state index is 0.0191. The average Bonchev–Trinajstić information content (AvgIpc) is 2.98. The second kappa shape index (κ2) is 23.4. The van der Waals surface area contributed by atoms with Crippen molar-refractivity contribution in [3.8, 4) is 5.75 Å². The highest BCUT2D eigenvalue weighted by molar-refractivity contribution is 5.80. The van der Waals surface area contributed by atoms with Gasteiger partial charge >= 0.3 is 36.0 Å². The number of hydrogen-bond donors (Lipinski definition) is 8. The number of alkyl halides is 3. The molecule has 0 unspecified atom stereocenters. The molecule has 0 aliphatic heterocycles. The molecule has 0 aliphatic rings. The van der Waals surface area contributed by atoms with Crippen molar-refractivity contribution >= 4 is 41.7 Å². The molecule has 0 saturated carbocycles. The van der Waals surface area contributed by atoms with Gasteiger partial charge in [0.2, 0.25) is 5.91 Å². The van der Waals surface area contributed by atoms with E-state index in [0.29, 0.717) is 17.7 Å². The van der Waals surface area contributed by atoms with Crippen molar-refractivity contribution < 1.29 is 77.1 Å². The van der Waals surface area contributed by atoms with Gasteiger partial charge in [-0.3, -0.25) is 38.6 Å². The molecule has 0 spiro atoms. The number of nitrogens with zero attached hydrogens (tertiary/aromatic N) is 2. The Kier molecular flexibility index (Phi) is 21.1. The van der Waals surface area contributed by atoms with E-state index >= 15 is 0 Å². The Bertz CT molecular complexity index is 1240. The number of halogens is 3. The molecule has 0 fully saturated rings. The Morgan fingerprint density at radius 3 is 1.71 bits per heavy atom. The van der Waals surface area contributed by atoms with Gasteiger partial charge < -0.3 is 41.4 Å². The zero-order valence-corrected chi connectivity index (χ0v) is 27.9. The summed E-state index contributed by atoms with van der Waals surface area (Å²) in [6.45, 7) is 2.92. The molecule has 1 aromatic rings. The van der Waals surface area contributed by atoms with Gasteiger partial charge in [-0.05, 0) is 48.9 Å². The largest absolute Gasteiger partial charge is 0.490 e. The molecule has 0 saturated heterocycles. The van der Waals surface area contributed by atoms with Crippen LogP contribution in [0.2, 0.25) is 0 Å². The van der Waals surface area contributed by atoms with Crippen LogP contribution in [0.15, 0.2) is 24.3 Å². The summed E-state index contributed by atoms with van der Waals surface area (Å²) in [4.78, 5) is 86.4. The first-order valence-corrected chi connectivity index (χ1v) is 15.3. The van der Waals surface area contributed by atoms with Crippen LogP contribution in [0.5, 0.6) is 5.75 Å². The Hall–Kier alpha value is -5.02. The van der Waals surface area contributed by atoms with Crippen molar-refractivity contribution in [2.24, 2.45) is 17.6 Å². The number of carboxylic acids is 5. The van der Waals surface area contributed by atoms with Gasteiger partial charge in [-0.1, -0.05) is 26.0 Å². The normalized spacial score (nSPS) is 11.8. The predicted molar refractivity (Wildman–Crippen MR) is 169 cm³/mol. The molecule has 0 radical (unpaired) electrons. The second-order valence-corrected chi connectivity index (χ2v) is 11.7. The summed E-state index contributed by atoms with van der Waals surface area (Å²) < 4.78 is 31.7. The molecule has 0 aliphatic carbocycles. The van der Waals surface area contributed by atoms with Gasteiger partial charge in [-0.2, -0.15) is 18.7 Å². The summed E-state index contributed by atoms with van der Waals surface area (Å²) in [5, 5.41) is 46.3. The predicted octanol–water partition coefficient (Wildman–Crippen LogP) is 0.448. The lowest BCUT2D eigenvalue weighted by molar-refractivity contribution is -0.192. The SMILES string of the molecule is CC(C)C[C@@H](N)C(=O)NOc1ccc(CNC(=O)CN(CCC(CC(=O)O)CC(=O)O)CCN(CC(=O)O)CC(=O)O)cc1.O=C(O)C(F)(F)F. The molecule has 21 heteroatoms. The first-order chi connectivity index (χ1) is 23.6. The van der Waals surface area contributed by atoms with Crippen molar-refractivity contribution in [2.75, 3.05) is 39.3 Å². The molecule has 0 aromatic heterocycles. The quantitative estimate of drug-likeness (QED) is 0.0707. The van der Waals surface area contributed by atoms with Gasteiger partial charge in [0.15, 0.2) is 5.75 Å². The van der Waals surface area contributed by atoms with Crippen LogP contribution in [0.4, 0.5) is 13.2 Å². The van der Waals surface area contributed by atoms with Crippen LogP contribution in [-0.4, -0.2) is 128 Å². The number of aliphatic carboxylic acids is 5. The molecule has 288 valence electrons. The fraction of sp³-hybridized carbons (Fsp3) is 0.567. The van der Waals surface area contributed by atoms with Crippen LogP contribution < -0.4 is 21.4 Å². The second-order valence-electron chi connectivity index (χ2n) is 11.7. The molecule has 18 nitrogen and oxygen atoms in total. The number of benzene rings is 1. The number of carbonyl (C=O) groups is 7. The number of amides is 2. The number of rotatable bonds is 23. The lowest BCUT2D eigenvalue weighted by atomic mass is 9.97. The van der Waals surface area contributed by atoms with Crippen LogP contribution in [-0.2, 0) is 40.1 Å². The van der Waals surface area contributed by atoms with E-state index in [0.717, 1.165) is 0 Å². The summed E-state index contributed by atoms with van der Waals surface area (Å²) >= 11 is 0. The summed E-state index contributed by atoms with van der Waals surface area (Å²) in [6, 6.07) is 5.82. The van der Waals surface area contributed by atoms with Gasteiger partial charge in [0.05, 0.1) is 25.7 Å². The summed E-state index contributed by atoms with van der Waals surface area (Å²) in [5.74, 6) is -8.54. The Balaban J connectivity index is 0.00000321. The van der Waals surface area contributed by atoms with Crippen molar-refractivity contribution in [2.45, 2.75) is 58.3 Å². The average molecular weight is 740 g/mol. The minimum atomic E-state index is -5.08. The number of carbonyl (C=O) groups excluding carboxylic acids is 2. The lowest BCUT2D eigenvalue weighted by Gasteiger charge is -2.27. The maximum Gasteiger partial charge on any atom is 0.490 e. The highest BCUT2D eigenvalue weighted by Gasteiger charge is 2.38. The monoisotopic (exact) mass is 739 g/mol. The van der Waals surface area contributed by atoms with Crippen molar-refractivity contribution in [1.29, 1.82) is 0 Å². The van der Waals surface area contributed by atoms with Crippen LogP contribution in [0, 0.1) is 11.8 Å². The van der Waals surface area contributed by atoms with E-state index in [2.05, 4.69) is 10.8 Å². The standard InChI is InChI=1S/C28H43N5O11.C2HF3O2/c1-18(2)11-22(29)28(43)31-44-21-5-3-19(4-6-21)14-30-23(34)15-32(8-7-20(12-24(35)36)13-25(37)38)9-10-33(16-26(39)40)17-27(41)42;3-2(4,5)1(6)7/h3-6,18,20,22H,7-17,29H2,1-2H3,(H,30,34)(H,31,43)(H,35,36)(H,37,38)(H,39,40)(H,41,42);(H,6,7)/t22-;/m1./s1. The van der Waals surface area contributed by atoms with Gasteiger partial charge in [0, 0.05) is 32.5 Å². The maximum atomic E-state index is 12.8. The van der Waals surface area contributed by atoms with E-state index in [1.54, 1.807) is 29.2 Å². The molecule has 1 rings (SSSR count). The van der Waals surface area contributed by atoms with E-state index in [9.17, 15) is 41.9 Å². The number of nitrogens with two attached hydrogens (primary N) is 1. The Labute approximate surface area is 290 Å². The number of nitrogens with one attached hydrogen (secondary N) is 2. The topological polar surface area (TPSA) is 286 Å². The van der Waals surface area contributed by atoms with Crippen LogP contribution in [0.25, 0.3) is 0 Å². The van der Waals surface area contributed by atoms with E-state index in [1.165, 1.54) is 4.90 Å². The zero-order valence-electron chi connectivity index (χ0n) is 27.9. The minimum Gasteiger partial charge on any atom is -0.481 e. The first-order valence-electron chi connectivity index (χ1n) is 15.3. The highest BCUT2D eigenvalue weighted by atomic mass is 19.4. The molecule has 1 atom stereocenters. The smallest absolute Gasteiger partial charge is 0.481 e.